The molecule has 0 spiro atoms. The Kier molecular flexibility index (Phi) is 4.63. The van der Waals surface area contributed by atoms with E-state index in [9.17, 15) is 9.18 Å². The van der Waals surface area contributed by atoms with Crippen molar-refractivity contribution < 1.29 is 9.18 Å². The number of hydrogen-bond donors (Lipinski definition) is 1. The largest absolute Gasteiger partial charge is 0.382 e. The molecule has 1 aromatic rings. The Balaban J connectivity index is 2.31. The van der Waals surface area contributed by atoms with E-state index in [1.165, 1.54) is 6.07 Å². The van der Waals surface area contributed by atoms with Gasteiger partial charge in [0.1, 0.15) is 5.82 Å². The fraction of sp³-hybridized carbons (Fsp3) is 0.562. The Morgan fingerprint density at radius 2 is 2.25 bits per heavy atom. The second-order valence-corrected chi connectivity index (χ2v) is 5.64. The minimum atomic E-state index is -0.363. The third-order valence-electron chi connectivity index (χ3n) is 3.93. The van der Waals surface area contributed by atoms with Crippen molar-refractivity contribution in [2.45, 2.75) is 39.7 Å². The van der Waals surface area contributed by atoms with Crippen molar-refractivity contribution in [1.82, 2.24) is 4.90 Å². The number of para-hydroxylation sites is 1. The number of nitrogens with one attached hydrogen (secondary N) is 1. The van der Waals surface area contributed by atoms with Crippen LogP contribution in [-0.4, -0.2) is 29.9 Å². The maximum Gasteiger partial charge on any atom is 0.256 e. The van der Waals surface area contributed by atoms with Crippen molar-refractivity contribution in [3.63, 3.8) is 0 Å². The molecule has 1 atom stereocenters. The topological polar surface area (TPSA) is 32.3 Å². The summed E-state index contributed by atoms with van der Waals surface area (Å²) >= 11 is 0. The van der Waals surface area contributed by atoms with E-state index in [0.717, 1.165) is 19.4 Å². The zero-order valence-corrected chi connectivity index (χ0v) is 12.4. The van der Waals surface area contributed by atoms with E-state index < -0.39 is 0 Å². The Hall–Kier alpha value is -1.58. The van der Waals surface area contributed by atoms with Crippen molar-refractivity contribution in [2.75, 3.05) is 18.4 Å². The third-order valence-corrected chi connectivity index (χ3v) is 3.93. The standard InChI is InChI=1S/C16H23FN2O/c1-4-18-15-12(7-5-8-13(15)17)16(20)19-10-6-9-14(19)11(2)3/h5,7-8,11,14,18H,4,6,9-10H2,1-3H3. The van der Waals surface area contributed by atoms with Crippen molar-refractivity contribution >= 4 is 11.6 Å². The predicted molar refractivity (Wildman–Crippen MR) is 79.5 cm³/mol. The Morgan fingerprint density at radius 1 is 1.50 bits per heavy atom. The summed E-state index contributed by atoms with van der Waals surface area (Å²) in [6, 6.07) is 4.96. The van der Waals surface area contributed by atoms with Crippen LogP contribution in [0.1, 0.15) is 44.0 Å². The van der Waals surface area contributed by atoms with E-state index in [1.54, 1.807) is 12.1 Å². The molecule has 1 saturated heterocycles. The molecule has 1 fully saturated rings. The number of rotatable bonds is 4. The molecule has 1 aromatic carbocycles. The first-order chi connectivity index (χ1) is 9.56. The number of anilines is 1. The highest BCUT2D eigenvalue weighted by Crippen LogP contribution is 2.28. The highest BCUT2D eigenvalue weighted by molar-refractivity contribution is 6.00. The molecule has 0 bridgehead atoms. The second kappa shape index (κ2) is 6.25. The minimum absolute atomic E-state index is 0.0587. The summed E-state index contributed by atoms with van der Waals surface area (Å²) in [5.74, 6) is 0.00670. The van der Waals surface area contributed by atoms with Gasteiger partial charge in [-0.25, -0.2) is 4.39 Å². The van der Waals surface area contributed by atoms with E-state index in [4.69, 9.17) is 0 Å². The summed E-state index contributed by atoms with van der Waals surface area (Å²) in [4.78, 5) is 14.6. The van der Waals surface area contributed by atoms with E-state index in [0.29, 0.717) is 23.7 Å². The summed E-state index contributed by atoms with van der Waals surface area (Å²) in [6.45, 7) is 7.52. The van der Waals surface area contributed by atoms with E-state index in [1.807, 2.05) is 11.8 Å². The predicted octanol–water partition coefficient (Wildman–Crippen LogP) is 3.52. The van der Waals surface area contributed by atoms with Gasteiger partial charge in [-0.3, -0.25) is 4.79 Å². The molecular formula is C16H23FN2O. The van der Waals surface area contributed by atoms with Gasteiger partial charge in [-0.2, -0.15) is 0 Å². The number of amides is 1. The zero-order chi connectivity index (χ0) is 14.7. The smallest absolute Gasteiger partial charge is 0.256 e. The first-order valence-electron chi connectivity index (χ1n) is 7.39. The summed E-state index contributed by atoms with van der Waals surface area (Å²) < 4.78 is 13.9. The molecule has 20 heavy (non-hydrogen) atoms. The number of benzene rings is 1. The molecule has 1 heterocycles. The van der Waals surface area contributed by atoms with Crippen molar-refractivity contribution in [3.8, 4) is 0 Å². The zero-order valence-electron chi connectivity index (χ0n) is 12.4. The van der Waals surface area contributed by atoms with Gasteiger partial charge in [-0.05, 0) is 37.8 Å². The first-order valence-corrected chi connectivity index (χ1v) is 7.39. The highest BCUT2D eigenvalue weighted by Gasteiger charge is 2.32. The molecule has 1 amide bonds. The number of hydrogen-bond acceptors (Lipinski definition) is 2. The lowest BCUT2D eigenvalue weighted by Crippen LogP contribution is -2.38. The van der Waals surface area contributed by atoms with E-state index in [-0.39, 0.29) is 17.8 Å². The van der Waals surface area contributed by atoms with E-state index >= 15 is 0 Å². The second-order valence-electron chi connectivity index (χ2n) is 5.64. The van der Waals surface area contributed by atoms with Crippen LogP contribution in [0.3, 0.4) is 0 Å². The summed E-state index contributed by atoms with van der Waals surface area (Å²) in [7, 11) is 0. The average molecular weight is 278 g/mol. The van der Waals surface area contributed by atoms with Gasteiger partial charge in [0, 0.05) is 19.1 Å². The molecule has 110 valence electrons. The van der Waals surface area contributed by atoms with Crippen LogP contribution in [0.2, 0.25) is 0 Å². The quantitative estimate of drug-likeness (QED) is 0.914. The van der Waals surface area contributed by atoms with Gasteiger partial charge in [-0.1, -0.05) is 19.9 Å². The SMILES string of the molecule is CCNc1c(F)cccc1C(=O)N1CCCC1C(C)C. The highest BCUT2D eigenvalue weighted by atomic mass is 19.1. The average Bonchev–Trinajstić information content (AvgIpc) is 2.90. The van der Waals surface area contributed by atoms with Crippen molar-refractivity contribution in [3.05, 3.63) is 29.6 Å². The Labute approximate surface area is 120 Å². The first kappa shape index (κ1) is 14.8. The van der Waals surface area contributed by atoms with Gasteiger partial charge in [0.25, 0.3) is 5.91 Å². The van der Waals surface area contributed by atoms with Crippen LogP contribution >= 0.6 is 0 Å². The lowest BCUT2D eigenvalue weighted by molar-refractivity contribution is 0.0702. The van der Waals surface area contributed by atoms with Crippen molar-refractivity contribution in [1.29, 1.82) is 0 Å². The lowest BCUT2D eigenvalue weighted by Gasteiger charge is -2.28. The van der Waals surface area contributed by atoms with Crippen LogP contribution in [0, 0.1) is 11.7 Å². The Morgan fingerprint density at radius 3 is 2.90 bits per heavy atom. The van der Waals surface area contributed by atoms with Gasteiger partial charge < -0.3 is 10.2 Å². The van der Waals surface area contributed by atoms with Gasteiger partial charge in [0.15, 0.2) is 0 Å². The number of carbonyl (C=O) groups excluding carboxylic acids is 1. The molecule has 0 saturated carbocycles. The number of carbonyl (C=O) groups is 1. The normalized spacial score (nSPS) is 18.6. The Bertz CT molecular complexity index is 487. The summed E-state index contributed by atoms with van der Waals surface area (Å²) in [5.41, 5.74) is 0.772. The van der Waals surface area contributed by atoms with Crippen LogP contribution in [0.4, 0.5) is 10.1 Å². The molecule has 1 unspecified atom stereocenters. The number of nitrogens with zero attached hydrogens (tertiary/aromatic N) is 1. The molecule has 0 aliphatic carbocycles. The third kappa shape index (κ3) is 2.79. The van der Waals surface area contributed by atoms with E-state index in [2.05, 4.69) is 19.2 Å². The molecule has 2 rings (SSSR count). The maximum absolute atomic E-state index is 13.9. The summed E-state index contributed by atoms with van der Waals surface area (Å²) in [5, 5.41) is 2.97. The van der Waals surface area contributed by atoms with Crippen molar-refractivity contribution in [2.24, 2.45) is 5.92 Å². The fourth-order valence-electron chi connectivity index (χ4n) is 2.95. The number of likely N-dealkylation sites (tertiary alicyclic amines) is 1. The summed E-state index contributed by atoms with van der Waals surface area (Å²) in [6.07, 6.45) is 2.07. The molecular weight excluding hydrogens is 255 g/mol. The van der Waals surface area contributed by atoms with Crippen LogP contribution in [0.15, 0.2) is 18.2 Å². The number of halogens is 1. The van der Waals surface area contributed by atoms with Crippen LogP contribution in [0.25, 0.3) is 0 Å². The molecule has 4 heteroatoms. The van der Waals surface area contributed by atoms with Gasteiger partial charge in [0.05, 0.1) is 11.3 Å². The van der Waals surface area contributed by atoms with Gasteiger partial charge in [0.2, 0.25) is 0 Å². The fourth-order valence-corrected chi connectivity index (χ4v) is 2.95. The molecule has 0 aromatic heterocycles. The minimum Gasteiger partial charge on any atom is -0.382 e. The van der Waals surface area contributed by atoms with Crippen LogP contribution in [-0.2, 0) is 0 Å². The van der Waals surface area contributed by atoms with Crippen LogP contribution < -0.4 is 5.32 Å². The molecule has 0 radical (unpaired) electrons. The molecule has 1 aliphatic rings. The molecule has 1 aliphatic heterocycles. The molecule has 1 N–H and O–H groups in total. The maximum atomic E-state index is 13.9. The lowest BCUT2D eigenvalue weighted by atomic mass is 10.0. The van der Waals surface area contributed by atoms with Gasteiger partial charge >= 0.3 is 0 Å². The monoisotopic (exact) mass is 278 g/mol. The van der Waals surface area contributed by atoms with Crippen LogP contribution in [0.5, 0.6) is 0 Å². The van der Waals surface area contributed by atoms with Gasteiger partial charge in [-0.15, -0.1) is 0 Å². The molecule has 3 nitrogen and oxygen atoms in total.